The smallest absolute Gasteiger partial charge is 0.230 e. The van der Waals surface area contributed by atoms with Crippen molar-refractivity contribution in [1.29, 1.82) is 0 Å². The van der Waals surface area contributed by atoms with Crippen LogP contribution in [0.5, 0.6) is 5.75 Å². The van der Waals surface area contributed by atoms with Crippen molar-refractivity contribution in [3.05, 3.63) is 53.8 Å². The number of ether oxygens (including phenoxy) is 1. The molecule has 188 valence electrons. The zero-order valence-electron chi connectivity index (χ0n) is 20.8. The summed E-state index contributed by atoms with van der Waals surface area (Å²) in [4.78, 5) is 18.5. The van der Waals surface area contributed by atoms with E-state index < -0.39 is 0 Å². The molecule has 1 aliphatic carbocycles. The number of aryl methyl sites for hydroxylation is 1. The molecule has 1 atom stereocenters. The fourth-order valence-corrected chi connectivity index (χ4v) is 6.19. The van der Waals surface area contributed by atoms with Crippen molar-refractivity contribution < 1.29 is 13.9 Å². The van der Waals surface area contributed by atoms with E-state index in [1.54, 1.807) is 13.2 Å². The molecule has 0 radical (unpaired) electrons. The predicted octanol–water partition coefficient (Wildman–Crippen LogP) is 5.64. The van der Waals surface area contributed by atoms with Crippen LogP contribution in [0.2, 0.25) is 0 Å². The summed E-state index contributed by atoms with van der Waals surface area (Å²) in [7, 11) is 1.57. The van der Waals surface area contributed by atoms with Crippen LogP contribution in [-0.2, 0) is 11.2 Å². The Bertz CT molecular complexity index is 1010. The molecule has 1 amide bonds. The summed E-state index contributed by atoms with van der Waals surface area (Å²) in [6.07, 6.45) is 9.78. The van der Waals surface area contributed by atoms with Crippen molar-refractivity contribution in [3.8, 4) is 5.75 Å². The SMILES string of the molecule is COc1cc(F)ccc1NC1CCN(CC2CCc3ccccc3N2C(=O)C2CCCCC2)CC1. The van der Waals surface area contributed by atoms with Crippen LogP contribution in [0.3, 0.4) is 0 Å². The number of para-hydroxylation sites is 1. The van der Waals surface area contributed by atoms with Gasteiger partial charge in [-0.25, -0.2) is 4.39 Å². The van der Waals surface area contributed by atoms with Crippen molar-refractivity contribution in [2.45, 2.75) is 69.9 Å². The molecule has 5 nitrogen and oxygen atoms in total. The van der Waals surface area contributed by atoms with Crippen LogP contribution in [0.1, 0.15) is 56.9 Å². The molecule has 2 aromatic carbocycles. The average Bonchev–Trinajstić information content (AvgIpc) is 2.90. The highest BCUT2D eigenvalue weighted by atomic mass is 19.1. The highest BCUT2D eigenvalue weighted by molar-refractivity contribution is 5.97. The van der Waals surface area contributed by atoms with Crippen LogP contribution >= 0.6 is 0 Å². The Kier molecular flexibility index (Phi) is 7.57. The number of rotatable bonds is 6. The maximum Gasteiger partial charge on any atom is 0.230 e. The van der Waals surface area contributed by atoms with Crippen LogP contribution in [0.15, 0.2) is 42.5 Å². The number of likely N-dealkylation sites (tertiary alicyclic amines) is 1. The fraction of sp³-hybridized carbons (Fsp3) is 0.552. The normalized spacial score (nSPS) is 22.0. The Labute approximate surface area is 208 Å². The molecule has 2 heterocycles. The molecule has 1 N–H and O–H groups in total. The Morgan fingerprint density at radius 3 is 2.57 bits per heavy atom. The molecule has 3 aliphatic rings. The van der Waals surface area contributed by atoms with E-state index in [0.717, 1.165) is 69.5 Å². The molecule has 0 bridgehead atoms. The van der Waals surface area contributed by atoms with E-state index in [1.807, 2.05) is 0 Å². The molecular weight excluding hydrogens is 441 g/mol. The maximum atomic E-state index is 13.8. The Balaban J connectivity index is 1.23. The van der Waals surface area contributed by atoms with E-state index in [-0.39, 0.29) is 17.8 Å². The first-order valence-electron chi connectivity index (χ1n) is 13.4. The van der Waals surface area contributed by atoms with Crippen molar-refractivity contribution in [2.24, 2.45) is 5.92 Å². The fourth-order valence-electron chi connectivity index (χ4n) is 6.19. The molecule has 6 heteroatoms. The minimum Gasteiger partial charge on any atom is -0.494 e. The lowest BCUT2D eigenvalue weighted by atomic mass is 9.86. The van der Waals surface area contributed by atoms with E-state index in [9.17, 15) is 9.18 Å². The number of amides is 1. The van der Waals surface area contributed by atoms with Crippen molar-refractivity contribution in [1.82, 2.24) is 4.90 Å². The molecule has 5 rings (SSSR count). The Morgan fingerprint density at radius 1 is 1.03 bits per heavy atom. The number of nitrogens with one attached hydrogen (secondary N) is 1. The molecule has 0 spiro atoms. The molecule has 1 unspecified atom stereocenters. The topological polar surface area (TPSA) is 44.8 Å². The van der Waals surface area contributed by atoms with Crippen molar-refractivity contribution >= 4 is 17.3 Å². The third-order valence-corrected chi connectivity index (χ3v) is 8.13. The van der Waals surface area contributed by atoms with Gasteiger partial charge in [-0.2, -0.15) is 0 Å². The summed E-state index contributed by atoms with van der Waals surface area (Å²) >= 11 is 0. The van der Waals surface area contributed by atoms with Gasteiger partial charge in [-0.05, 0) is 62.3 Å². The molecule has 35 heavy (non-hydrogen) atoms. The van der Waals surface area contributed by atoms with Crippen LogP contribution in [0.25, 0.3) is 0 Å². The number of fused-ring (bicyclic) bond motifs is 1. The lowest BCUT2D eigenvalue weighted by molar-refractivity contribution is -0.124. The standard InChI is InChI=1S/C29H38FN3O2/c1-35-28-19-23(30)12-14-26(28)31-24-15-17-32(18-16-24)20-25-13-11-21-7-5-6-10-27(21)33(25)29(34)22-8-3-2-4-9-22/h5-7,10,12,14,19,22,24-25,31H,2-4,8-9,11,13,15-18,20H2,1H3. The Hall–Kier alpha value is -2.60. The molecule has 2 fully saturated rings. The number of anilines is 2. The second kappa shape index (κ2) is 11.0. The lowest BCUT2D eigenvalue weighted by Gasteiger charge is -2.43. The molecule has 0 aromatic heterocycles. The summed E-state index contributed by atoms with van der Waals surface area (Å²) in [6, 6.07) is 13.7. The van der Waals surface area contributed by atoms with E-state index in [4.69, 9.17) is 4.74 Å². The van der Waals surface area contributed by atoms with Gasteiger partial charge in [0, 0.05) is 49.4 Å². The van der Waals surface area contributed by atoms with Crippen LogP contribution in [-0.4, -0.2) is 49.6 Å². The third-order valence-electron chi connectivity index (χ3n) is 8.13. The number of carbonyl (C=O) groups excluding carboxylic acids is 1. The molecule has 2 aromatic rings. The first-order chi connectivity index (χ1) is 17.1. The summed E-state index contributed by atoms with van der Waals surface area (Å²) in [5, 5.41) is 3.55. The van der Waals surface area contributed by atoms with Gasteiger partial charge in [0.25, 0.3) is 0 Å². The van der Waals surface area contributed by atoms with Crippen LogP contribution in [0, 0.1) is 11.7 Å². The van der Waals surface area contributed by atoms with Crippen molar-refractivity contribution in [2.75, 3.05) is 37.0 Å². The second-order valence-corrected chi connectivity index (χ2v) is 10.4. The number of piperidine rings is 1. The largest absolute Gasteiger partial charge is 0.494 e. The molecular formula is C29H38FN3O2. The number of hydrogen-bond acceptors (Lipinski definition) is 4. The van der Waals surface area contributed by atoms with Crippen LogP contribution in [0.4, 0.5) is 15.8 Å². The number of carbonyl (C=O) groups is 1. The number of halogens is 1. The van der Waals surface area contributed by atoms with Crippen molar-refractivity contribution in [3.63, 3.8) is 0 Å². The highest BCUT2D eigenvalue weighted by Crippen LogP contribution is 2.35. The minimum absolute atomic E-state index is 0.179. The van der Waals surface area contributed by atoms with Gasteiger partial charge in [-0.1, -0.05) is 37.5 Å². The van der Waals surface area contributed by atoms with Crippen LogP contribution < -0.4 is 15.0 Å². The quantitative estimate of drug-likeness (QED) is 0.583. The number of hydrogen-bond donors (Lipinski definition) is 1. The van der Waals surface area contributed by atoms with Gasteiger partial charge in [0.2, 0.25) is 5.91 Å². The first-order valence-corrected chi connectivity index (χ1v) is 13.4. The third kappa shape index (κ3) is 5.48. The summed E-state index contributed by atoms with van der Waals surface area (Å²) in [6.45, 7) is 2.91. The molecule has 2 aliphatic heterocycles. The van der Waals surface area contributed by atoms with Gasteiger partial charge in [0.15, 0.2) is 0 Å². The molecule has 1 saturated carbocycles. The van der Waals surface area contributed by atoms with Gasteiger partial charge in [0.05, 0.1) is 12.8 Å². The number of benzene rings is 2. The number of methoxy groups -OCH3 is 1. The van der Waals surface area contributed by atoms with E-state index >= 15 is 0 Å². The van der Waals surface area contributed by atoms with Gasteiger partial charge in [0.1, 0.15) is 11.6 Å². The highest BCUT2D eigenvalue weighted by Gasteiger charge is 2.36. The predicted molar refractivity (Wildman–Crippen MR) is 139 cm³/mol. The van der Waals surface area contributed by atoms with E-state index in [1.165, 1.54) is 37.0 Å². The lowest BCUT2D eigenvalue weighted by Crippen LogP contribution is -2.53. The average molecular weight is 480 g/mol. The summed E-state index contributed by atoms with van der Waals surface area (Å²) in [5.41, 5.74) is 3.30. The van der Waals surface area contributed by atoms with Gasteiger partial charge in [-0.3, -0.25) is 4.79 Å². The zero-order chi connectivity index (χ0) is 24.2. The minimum atomic E-state index is -0.288. The van der Waals surface area contributed by atoms with E-state index in [0.29, 0.717) is 17.7 Å². The van der Waals surface area contributed by atoms with E-state index in [2.05, 4.69) is 39.4 Å². The monoisotopic (exact) mass is 479 g/mol. The first kappa shape index (κ1) is 24.1. The van der Waals surface area contributed by atoms with Gasteiger partial charge >= 0.3 is 0 Å². The second-order valence-electron chi connectivity index (χ2n) is 10.4. The zero-order valence-corrected chi connectivity index (χ0v) is 20.8. The molecule has 1 saturated heterocycles. The van der Waals surface area contributed by atoms with Gasteiger partial charge < -0.3 is 19.9 Å². The maximum absolute atomic E-state index is 13.8. The number of nitrogens with zero attached hydrogens (tertiary/aromatic N) is 2. The summed E-state index contributed by atoms with van der Waals surface area (Å²) in [5.74, 6) is 0.786. The Morgan fingerprint density at radius 2 is 1.80 bits per heavy atom. The summed E-state index contributed by atoms with van der Waals surface area (Å²) < 4.78 is 18.9. The van der Waals surface area contributed by atoms with Gasteiger partial charge in [-0.15, -0.1) is 0 Å².